The Hall–Kier alpha value is -2.37. The van der Waals surface area contributed by atoms with Gasteiger partial charge in [0.15, 0.2) is 0 Å². The highest BCUT2D eigenvalue weighted by molar-refractivity contribution is 6.05. The molecule has 0 radical (unpaired) electrons. The number of rotatable bonds is 4. The molecule has 0 unspecified atom stereocenters. The van der Waals surface area contributed by atoms with Gasteiger partial charge < -0.3 is 16.4 Å². The minimum Gasteiger partial charge on any atom is -0.326 e. The molecule has 0 saturated carbocycles. The highest BCUT2D eigenvalue weighted by atomic mass is 35.5. The molecule has 2 aromatic rings. The lowest BCUT2D eigenvalue weighted by atomic mass is 9.95. The third-order valence-corrected chi connectivity index (χ3v) is 3.88. The molecule has 140 valence electrons. The van der Waals surface area contributed by atoms with Gasteiger partial charge in [0.2, 0.25) is 5.91 Å². The molecule has 6 heteroatoms. The quantitative estimate of drug-likeness (QED) is 0.751. The lowest BCUT2D eigenvalue weighted by molar-refractivity contribution is -0.123. The van der Waals surface area contributed by atoms with Crippen molar-refractivity contribution < 1.29 is 9.59 Å². The molecule has 5 nitrogen and oxygen atoms in total. The van der Waals surface area contributed by atoms with Crippen LogP contribution in [-0.4, -0.2) is 11.8 Å². The fourth-order valence-electron chi connectivity index (χ4n) is 2.14. The number of hydrogen-bond donors (Lipinski definition) is 3. The number of amides is 2. The molecule has 0 spiro atoms. The van der Waals surface area contributed by atoms with E-state index < -0.39 is 5.41 Å². The summed E-state index contributed by atoms with van der Waals surface area (Å²) < 4.78 is 0. The Morgan fingerprint density at radius 1 is 1.00 bits per heavy atom. The number of nitrogens with one attached hydrogen (secondary N) is 2. The molecule has 0 aliphatic rings. The molecule has 4 N–H and O–H groups in total. The Morgan fingerprint density at radius 3 is 2.15 bits per heavy atom. The molecule has 0 aliphatic carbocycles. The van der Waals surface area contributed by atoms with E-state index in [0.29, 0.717) is 23.5 Å². The van der Waals surface area contributed by atoms with Gasteiger partial charge >= 0.3 is 0 Å². The lowest BCUT2D eigenvalue weighted by Gasteiger charge is -2.19. The van der Waals surface area contributed by atoms with Crippen LogP contribution in [-0.2, 0) is 11.3 Å². The van der Waals surface area contributed by atoms with Crippen molar-refractivity contribution in [3.05, 3.63) is 59.2 Å². The SMILES string of the molecule is Cc1ccc(NC(=O)c2ccc(CN)cc2)cc1NC(=O)C(C)(C)C.Cl. The number of carbonyl (C=O) groups is 2. The Bertz CT molecular complexity index is 781. The van der Waals surface area contributed by atoms with Gasteiger partial charge in [-0.3, -0.25) is 9.59 Å². The molecule has 0 saturated heterocycles. The van der Waals surface area contributed by atoms with E-state index in [1.807, 2.05) is 52.0 Å². The average Bonchev–Trinajstić information content (AvgIpc) is 2.57. The van der Waals surface area contributed by atoms with Crippen LogP contribution >= 0.6 is 12.4 Å². The first-order valence-electron chi connectivity index (χ1n) is 8.23. The van der Waals surface area contributed by atoms with Crippen molar-refractivity contribution in [3.63, 3.8) is 0 Å². The van der Waals surface area contributed by atoms with Gasteiger partial charge in [0.25, 0.3) is 5.91 Å². The van der Waals surface area contributed by atoms with E-state index >= 15 is 0 Å². The van der Waals surface area contributed by atoms with E-state index in [2.05, 4.69) is 10.6 Å². The second-order valence-corrected chi connectivity index (χ2v) is 7.09. The fraction of sp³-hybridized carbons (Fsp3) is 0.300. The van der Waals surface area contributed by atoms with E-state index in [0.717, 1.165) is 11.1 Å². The van der Waals surface area contributed by atoms with Crippen LogP contribution in [0.15, 0.2) is 42.5 Å². The molecular formula is C20H26ClN3O2. The highest BCUT2D eigenvalue weighted by Crippen LogP contribution is 2.24. The Balaban J connectivity index is 0.00000338. The first kappa shape index (κ1) is 21.7. The molecule has 2 rings (SSSR count). The monoisotopic (exact) mass is 375 g/mol. The number of halogens is 1. The Labute approximate surface area is 160 Å². The van der Waals surface area contributed by atoms with Crippen LogP contribution < -0.4 is 16.4 Å². The van der Waals surface area contributed by atoms with Gasteiger partial charge in [-0.1, -0.05) is 39.0 Å². The zero-order chi connectivity index (χ0) is 18.6. The molecular weight excluding hydrogens is 350 g/mol. The van der Waals surface area contributed by atoms with Crippen molar-refractivity contribution in [1.29, 1.82) is 0 Å². The van der Waals surface area contributed by atoms with Crippen LogP contribution in [0.25, 0.3) is 0 Å². The number of aryl methyl sites for hydroxylation is 1. The standard InChI is InChI=1S/C20H25N3O2.ClH/c1-13-5-10-16(11-17(13)23-19(25)20(2,3)4)22-18(24)15-8-6-14(12-21)7-9-15;/h5-11H,12,21H2,1-4H3,(H,22,24)(H,23,25);1H. The number of nitrogens with two attached hydrogens (primary N) is 1. The normalized spacial score (nSPS) is 10.7. The number of hydrogen-bond acceptors (Lipinski definition) is 3. The number of benzene rings is 2. The van der Waals surface area contributed by atoms with E-state index in [-0.39, 0.29) is 24.2 Å². The van der Waals surface area contributed by atoms with Gasteiger partial charge in [0.1, 0.15) is 0 Å². The minimum atomic E-state index is -0.490. The van der Waals surface area contributed by atoms with Crippen molar-refractivity contribution in [1.82, 2.24) is 0 Å². The summed E-state index contributed by atoms with van der Waals surface area (Å²) in [6, 6.07) is 12.6. The van der Waals surface area contributed by atoms with Crippen molar-refractivity contribution in [2.45, 2.75) is 34.2 Å². The molecule has 0 aromatic heterocycles. The third-order valence-electron chi connectivity index (χ3n) is 3.88. The van der Waals surface area contributed by atoms with Gasteiger partial charge in [-0.2, -0.15) is 0 Å². The van der Waals surface area contributed by atoms with E-state index in [1.54, 1.807) is 18.2 Å². The molecule has 0 atom stereocenters. The van der Waals surface area contributed by atoms with Crippen molar-refractivity contribution in [2.24, 2.45) is 11.1 Å². The van der Waals surface area contributed by atoms with Crippen molar-refractivity contribution in [2.75, 3.05) is 10.6 Å². The smallest absolute Gasteiger partial charge is 0.255 e. The maximum absolute atomic E-state index is 12.4. The van der Waals surface area contributed by atoms with Crippen molar-refractivity contribution in [3.8, 4) is 0 Å². The van der Waals surface area contributed by atoms with Crippen molar-refractivity contribution >= 4 is 35.6 Å². The largest absolute Gasteiger partial charge is 0.326 e. The van der Waals surface area contributed by atoms with Gasteiger partial charge in [-0.05, 0) is 42.3 Å². The summed E-state index contributed by atoms with van der Waals surface area (Å²) in [7, 11) is 0. The Morgan fingerprint density at radius 2 is 1.62 bits per heavy atom. The summed E-state index contributed by atoms with van der Waals surface area (Å²) in [5.74, 6) is -0.281. The molecule has 26 heavy (non-hydrogen) atoms. The summed E-state index contributed by atoms with van der Waals surface area (Å²) in [5.41, 5.74) is 8.85. The second kappa shape index (κ2) is 8.83. The first-order chi connectivity index (χ1) is 11.7. The summed E-state index contributed by atoms with van der Waals surface area (Å²) in [6.07, 6.45) is 0. The highest BCUT2D eigenvalue weighted by Gasteiger charge is 2.21. The molecule has 2 amide bonds. The predicted octanol–water partition coefficient (Wildman–Crippen LogP) is 4.11. The van der Waals surface area contributed by atoms with Crippen LogP contribution in [0.2, 0.25) is 0 Å². The molecule has 0 bridgehead atoms. The predicted molar refractivity (Wildman–Crippen MR) is 109 cm³/mol. The zero-order valence-corrected chi connectivity index (χ0v) is 16.4. The van der Waals surface area contributed by atoms with Crippen LogP contribution in [0, 0.1) is 12.3 Å². The van der Waals surface area contributed by atoms with Gasteiger partial charge in [-0.15, -0.1) is 12.4 Å². The summed E-state index contributed by atoms with van der Waals surface area (Å²) in [5, 5.41) is 5.77. The van der Waals surface area contributed by atoms with E-state index in [4.69, 9.17) is 5.73 Å². The van der Waals surface area contributed by atoms with E-state index in [9.17, 15) is 9.59 Å². The third kappa shape index (κ3) is 5.58. The van der Waals surface area contributed by atoms with E-state index in [1.165, 1.54) is 0 Å². The average molecular weight is 376 g/mol. The Kier molecular flexibility index (Phi) is 7.36. The summed E-state index contributed by atoms with van der Waals surface area (Å²) in [4.78, 5) is 24.6. The lowest BCUT2D eigenvalue weighted by Crippen LogP contribution is -2.28. The molecule has 2 aromatic carbocycles. The van der Waals surface area contributed by atoms with Crippen LogP contribution in [0.3, 0.4) is 0 Å². The summed E-state index contributed by atoms with van der Waals surface area (Å²) >= 11 is 0. The van der Waals surface area contributed by atoms with Crippen LogP contribution in [0.5, 0.6) is 0 Å². The zero-order valence-electron chi connectivity index (χ0n) is 15.6. The van der Waals surface area contributed by atoms with Crippen LogP contribution in [0.1, 0.15) is 42.3 Å². The first-order valence-corrected chi connectivity index (χ1v) is 8.23. The molecule has 0 heterocycles. The topological polar surface area (TPSA) is 84.2 Å². The van der Waals surface area contributed by atoms with Gasteiger partial charge in [-0.25, -0.2) is 0 Å². The van der Waals surface area contributed by atoms with Gasteiger partial charge in [0.05, 0.1) is 0 Å². The maximum atomic E-state index is 12.4. The minimum absolute atomic E-state index is 0. The molecule has 0 fully saturated rings. The van der Waals surface area contributed by atoms with Crippen LogP contribution in [0.4, 0.5) is 11.4 Å². The second-order valence-electron chi connectivity index (χ2n) is 7.09. The summed E-state index contributed by atoms with van der Waals surface area (Å²) in [6.45, 7) is 7.92. The fourth-order valence-corrected chi connectivity index (χ4v) is 2.14. The number of anilines is 2. The van der Waals surface area contributed by atoms with Gasteiger partial charge in [0, 0.05) is 28.9 Å². The maximum Gasteiger partial charge on any atom is 0.255 e. The number of carbonyl (C=O) groups excluding carboxylic acids is 2. The molecule has 0 aliphatic heterocycles.